The number of hydrogen-bond donors (Lipinski definition) is 0. The molecule has 0 N–H and O–H groups in total. The first kappa shape index (κ1) is 25.2. The van der Waals surface area contributed by atoms with Crippen LogP contribution in [0.5, 0.6) is 11.5 Å². The van der Waals surface area contributed by atoms with E-state index in [1.165, 1.54) is 6.07 Å². The maximum atomic E-state index is 14.8. The van der Waals surface area contributed by atoms with Gasteiger partial charge in [-0.15, -0.1) is 6.58 Å². The van der Waals surface area contributed by atoms with Gasteiger partial charge in [0.15, 0.2) is 0 Å². The molecule has 0 amide bonds. The highest BCUT2D eigenvalue weighted by atomic mass is 19.1. The molecule has 0 spiro atoms. The number of ether oxygens (including phenoxy) is 2. The average Bonchev–Trinajstić information content (AvgIpc) is 2.81. The number of rotatable bonds is 9. The summed E-state index contributed by atoms with van der Waals surface area (Å²) in [6.07, 6.45) is 2.24. The maximum absolute atomic E-state index is 14.8. The van der Waals surface area contributed by atoms with Crippen molar-refractivity contribution in [2.75, 3.05) is 7.11 Å². The first-order valence-electron chi connectivity index (χ1n) is 11.4. The van der Waals surface area contributed by atoms with Gasteiger partial charge in [0, 0.05) is 17.9 Å². The summed E-state index contributed by atoms with van der Waals surface area (Å²) in [6.45, 7) is 12.1. The molecule has 178 valence electrons. The summed E-state index contributed by atoms with van der Waals surface area (Å²) in [4.78, 5) is 11.5. The maximum Gasteiger partial charge on any atom is 0.131 e. The van der Waals surface area contributed by atoms with Crippen molar-refractivity contribution < 1.29 is 18.7 Å². The van der Waals surface area contributed by atoms with Crippen LogP contribution in [0.4, 0.5) is 4.39 Å². The standard InChI is InChI=1S/C30H33FO3/c1-7-22(16-20(2)32)23-9-11-24(12-10-23)34-19-21-8-14-28(30(3,4)5)26(17-21)27-18-25(33-6)13-15-29(27)31/h7-15,17-18,22H,1,16,19H2,2-6H3/t22-/m0/s1. The minimum Gasteiger partial charge on any atom is -0.497 e. The monoisotopic (exact) mass is 460 g/mol. The fourth-order valence-electron chi connectivity index (χ4n) is 4.02. The largest absolute Gasteiger partial charge is 0.497 e. The minimum atomic E-state index is -0.290. The van der Waals surface area contributed by atoms with Gasteiger partial charge < -0.3 is 9.47 Å². The van der Waals surface area contributed by atoms with Crippen LogP contribution in [0.15, 0.2) is 73.3 Å². The van der Waals surface area contributed by atoms with Crippen molar-refractivity contribution in [1.82, 2.24) is 0 Å². The zero-order chi connectivity index (χ0) is 24.9. The summed E-state index contributed by atoms with van der Waals surface area (Å²) >= 11 is 0. The van der Waals surface area contributed by atoms with Crippen molar-refractivity contribution in [3.63, 3.8) is 0 Å². The fourth-order valence-corrected chi connectivity index (χ4v) is 4.02. The van der Waals surface area contributed by atoms with E-state index in [0.717, 1.165) is 28.0 Å². The first-order chi connectivity index (χ1) is 16.1. The van der Waals surface area contributed by atoms with Gasteiger partial charge in [-0.1, -0.05) is 51.1 Å². The van der Waals surface area contributed by atoms with Crippen molar-refractivity contribution >= 4 is 5.78 Å². The predicted molar refractivity (Wildman–Crippen MR) is 136 cm³/mol. The van der Waals surface area contributed by atoms with Crippen molar-refractivity contribution in [2.24, 2.45) is 0 Å². The lowest BCUT2D eigenvalue weighted by molar-refractivity contribution is -0.117. The number of benzene rings is 3. The quantitative estimate of drug-likeness (QED) is 0.308. The number of carbonyl (C=O) groups excluding carboxylic acids is 1. The molecule has 0 saturated heterocycles. The lowest BCUT2D eigenvalue weighted by Crippen LogP contribution is -2.13. The molecule has 0 aliphatic rings. The summed E-state index contributed by atoms with van der Waals surface area (Å²) in [5.41, 5.74) is 4.20. The third-order valence-corrected chi connectivity index (χ3v) is 5.86. The Morgan fingerprint density at radius 1 is 1.00 bits per heavy atom. The van der Waals surface area contributed by atoms with E-state index in [4.69, 9.17) is 9.47 Å². The Bertz CT molecular complexity index is 1160. The topological polar surface area (TPSA) is 35.5 Å². The predicted octanol–water partition coefficient (Wildman–Crippen LogP) is 7.63. The Hall–Kier alpha value is -3.40. The normalized spacial score (nSPS) is 12.2. The molecule has 1 atom stereocenters. The van der Waals surface area contributed by atoms with Crippen LogP contribution < -0.4 is 9.47 Å². The SMILES string of the molecule is C=C[C@@H](CC(C)=O)c1ccc(OCc2ccc(C(C)(C)C)c(-c3cc(OC)ccc3F)c2)cc1. The lowest BCUT2D eigenvalue weighted by atomic mass is 9.81. The van der Waals surface area contributed by atoms with Crippen molar-refractivity contribution in [3.8, 4) is 22.6 Å². The Balaban J connectivity index is 1.86. The van der Waals surface area contributed by atoms with Gasteiger partial charge in [0.25, 0.3) is 0 Å². The molecule has 0 saturated carbocycles. The van der Waals surface area contributed by atoms with E-state index in [1.54, 1.807) is 32.2 Å². The van der Waals surface area contributed by atoms with Crippen LogP contribution in [0.25, 0.3) is 11.1 Å². The fraction of sp³-hybridized carbons (Fsp3) is 0.300. The van der Waals surface area contributed by atoms with Gasteiger partial charge in [0.05, 0.1) is 7.11 Å². The van der Waals surface area contributed by atoms with Gasteiger partial charge in [0.1, 0.15) is 29.7 Å². The molecular formula is C30H33FO3. The van der Waals surface area contributed by atoms with Crippen LogP contribution in [-0.2, 0) is 16.8 Å². The van der Waals surface area contributed by atoms with Crippen molar-refractivity contribution in [1.29, 1.82) is 0 Å². The Kier molecular flexibility index (Phi) is 7.93. The second kappa shape index (κ2) is 10.7. The molecule has 3 aromatic carbocycles. The molecule has 3 rings (SSSR count). The molecule has 0 radical (unpaired) electrons. The summed E-state index contributed by atoms with van der Waals surface area (Å²) in [7, 11) is 1.58. The van der Waals surface area contributed by atoms with E-state index in [-0.39, 0.29) is 22.9 Å². The van der Waals surface area contributed by atoms with E-state index in [9.17, 15) is 9.18 Å². The third kappa shape index (κ3) is 6.13. The highest BCUT2D eigenvalue weighted by Gasteiger charge is 2.21. The van der Waals surface area contributed by atoms with E-state index in [2.05, 4.69) is 27.4 Å². The molecule has 0 fully saturated rings. The molecule has 0 bridgehead atoms. The minimum absolute atomic E-state index is 0.00295. The van der Waals surface area contributed by atoms with Gasteiger partial charge >= 0.3 is 0 Å². The molecule has 0 aromatic heterocycles. The van der Waals surface area contributed by atoms with E-state index < -0.39 is 0 Å². The Morgan fingerprint density at radius 2 is 1.68 bits per heavy atom. The van der Waals surface area contributed by atoms with Gasteiger partial charge in [-0.2, -0.15) is 0 Å². The molecular weight excluding hydrogens is 427 g/mol. The van der Waals surface area contributed by atoms with Crippen LogP contribution in [0, 0.1) is 5.82 Å². The van der Waals surface area contributed by atoms with Crippen molar-refractivity contribution in [3.05, 3.63) is 95.8 Å². The highest BCUT2D eigenvalue weighted by Crippen LogP contribution is 2.37. The molecule has 0 unspecified atom stereocenters. The number of Topliss-reactive ketones (excluding diaryl/α,β-unsaturated/α-hetero) is 1. The summed E-state index contributed by atoms with van der Waals surface area (Å²) in [5, 5.41) is 0. The Labute approximate surface area is 202 Å². The molecule has 0 heterocycles. The first-order valence-corrected chi connectivity index (χ1v) is 11.4. The highest BCUT2D eigenvalue weighted by molar-refractivity contribution is 5.76. The number of hydrogen-bond acceptors (Lipinski definition) is 3. The van der Waals surface area contributed by atoms with Crippen LogP contribution in [0.2, 0.25) is 0 Å². The van der Waals surface area contributed by atoms with E-state index >= 15 is 0 Å². The molecule has 34 heavy (non-hydrogen) atoms. The number of halogens is 1. The summed E-state index contributed by atoms with van der Waals surface area (Å²) in [6, 6.07) is 18.6. The summed E-state index contributed by atoms with van der Waals surface area (Å²) < 4.78 is 26.2. The van der Waals surface area contributed by atoms with Gasteiger partial charge in [-0.3, -0.25) is 4.79 Å². The number of methoxy groups -OCH3 is 1. The van der Waals surface area contributed by atoms with Gasteiger partial charge in [0.2, 0.25) is 0 Å². The van der Waals surface area contributed by atoms with E-state index in [0.29, 0.717) is 24.3 Å². The molecule has 0 aliphatic heterocycles. The third-order valence-electron chi connectivity index (χ3n) is 5.86. The molecule has 3 aromatic rings. The zero-order valence-electron chi connectivity index (χ0n) is 20.7. The van der Waals surface area contributed by atoms with E-state index in [1.807, 2.05) is 42.5 Å². The number of carbonyl (C=O) groups is 1. The van der Waals surface area contributed by atoms with Crippen LogP contribution >= 0.6 is 0 Å². The second-order valence-corrected chi connectivity index (χ2v) is 9.58. The van der Waals surface area contributed by atoms with Crippen LogP contribution in [0.3, 0.4) is 0 Å². The van der Waals surface area contributed by atoms with Crippen molar-refractivity contribution in [2.45, 2.75) is 52.1 Å². The number of ketones is 1. The van der Waals surface area contributed by atoms with Crippen LogP contribution in [0.1, 0.15) is 56.7 Å². The molecule has 0 aliphatic carbocycles. The average molecular weight is 461 g/mol. The smallest absolute Gasteiger partial charge is 0.131 e. The zero-order valence-corrected chi connectivity index (χ0v) is 20.7. The second-order valence-electron chi connectivity index (χ2n) is 9.58. The molecule has 3 nitrogen and oxygen atoms in total. The van der Waals surface area contributed by atoms with Gasteiger partial charge in [-0.05, 0) is 71.0 Å². The molecule has 4 heteroatoms. The van der Waals surface area contributed by atoms with Crippen LogP contribution in [-0.4, -0.2) is 12.9 Å². The summed E-state index contributed by atoms with van der Waals surface area (Å²) in [5.74, 6) is 1.18. The number of allylic oxidation sites excluding steroid dienone is 1. The lowest BCUT2D eigenvalue weighted by Gasteiger charge is -2.24. The van der Waals surface area contributed by atoms with Gasteiger partial charge in [-0.25, -0.2) is 4.39 Å². The Morgan fingerprint density at radius 3 is 2.26 bits per heavy atom.